The second kappa shape index (κ2) is 48.3. The highest BCUT2D eigenvalue weighted by Gasteiger charge is 2.44. The standard InChI is InChI=1S/C59H111NO10/c1-3-5-7-9-11-13-14-15-16-17-18-19-20-21-22-23-24-25-26-27-28-29-30-31-32-33-34-35-36-37-39-41-43-45-47-52(63)58(68)60-50(49-69-59-57(67)56(66)55(65)53(48-61)70-59)54(64)51(62)46-44-42-40-38-12-10-8-6-4-2/h20-21,23-24,38,40,50-57,59,61-67H,3-19,22,25-37,39,41-49H2,1-2H3,(H,60,68)/b21-20-,24-23-,40-38+. The van der Waals surface area contributed by atoms with Crippen LogP contribution in [0.4, 0.5) is 0 Å². The molecule has 0 saturated carbocycles. The first kappa shape index (κ1) is 66.3. The Balaban J connectivity index is 2.14. The van der Waals surface area contributed by atoms with Crippen LogP contribution in [0.25, 0.3) is 0 Å². The molecular weight excluding hydrogens is 883 g/mol. The molecule has 1 aliphatic rings. The topological polar surface area (TPSA) is 189 Å². The van der Waals surface area contributed by atoms with Crippen molar-refractivity contribution < 1.29 is 50.0 Å². The summed E-state index contributed by atoms with van der Waals surface area (Å²) in [7, 11) is 0. The van der Waals surface area contributed by atoms with Gasteiger partial charge in [-0.05, 0) is 70.6 Å². The molecule has 9 atom stereocenters. The molecule has 1 amide bonds. The van der Waals surface area contributed by atoms with E-state index in [-0.39, 0.29) is 12.8 Å². The van der Waals surface area contributed by atoms with Crippen molar-refractivity contribution in [3.8, 4) is 0 Å². The molecule has 1 saturated heterocycles. The predicted octanol–water partition coefficient (Wildman–Crippen LogP) is 12.3. The Bertz CT molecular complexity index is 1230. The Labute approximate surface area is 428 Å². The van der Waals surface area contributed by atoms with E-state index in [1.807, 2.05) is 0 Å². The number of hydrogen-bond donors (Lipinski definition) is 8. The molecule has 0 bridgehead atoms. The maximum atomic E-state index is 13.1. The van der Waals surface area contributed by atoms with E-state index in [1.54, 1.807) is 0 Å². The average molecular weight is 995 g/mol. The Kier molecular flexibility index (Phi) is 45.8. The SMILES string of the molecule is CCCCCC/C=C/CCCC(O)C(O)C(COC1OC(CO)C(O)C(O)C1O)NC(=O)C(O)CCCCCCCCCCCCCCCCCC/C=C\C/C=C\CCCCCCCCCCCCC. The van der Waals surface area contributed by atoms with Crippen LogP contribution in [0.5, 0.6) is 0 Å². The van der Waals surface area contributed by atoms with E-state index in [0.717, 1.165) is 44.9 Å². The van der Waals surface area contributed by atoms with E-state index < -0.39 is 74.2 Å². The third kappa shape index (κ3) is 36.3. The Hall–Kier alpha value is -1.67. The number of aliphatic hydroxyl groups excluding tert-OH is 7. The van der Waals surface area contributed by atoms with Gasteiger partial charge in [0.2, 0.25) is 5.91 Å². The highest BCUT2D eigenvalue weighted by molar-refractivity contribution is 5.80. The highest BCUT2D eigenvalue weighted by Crippen LogP contribution is 2.23. The molecule has 11 nitrogen and oxygen atoms in total. The fourth-order valence-corrected chi connectivity index (χ4v) is 9.36. The molecule has 0 aliphatic carbocycles. The second-order valence-electron chi connectivity index (χ2n) is 20.7. The molecule has 0 spiro atoms. The highest BCUT2D eigenvalue weighted by atomic mass is 16.7. The summed E-state index contributed by atoms with van der Waals surface area (Å²) in [4.78, 5) is 13.1. The van der Waals surface area contributed by atoms with Crippen LogP contribution in [0.3, 0.4) is 0 Å². The molecule has 1 rings (SSSR count). The molecule has 70 heavy (non-hydrogen) atoms. The normalized spacial score (nSPS) is 20.5. The first-order valence-corrected chi connectivity index (χ1v) is 29.4. The summed E-state index contributed by atoms with van der Waals surface area (Å²) < 4.78 is 11.1. The largest absolute Gasteiger partial charge is 0.394 e. The monoisotopic (exact) mass is 994 g/mol. The number of ether oxygens (including phenoxy) is 2. The van der Waals surface area contributed by atoms with Crippen LogP contribution in [-0.4, -0.2) is 110 Å². The molecule has 1 heterocycles. The number of amides is 1. The van der Waals surface area contributed by atoms with E-state index in [2.05, 4.69) is 55.6 Å². The molecule has 9 unspecified atom stereocenters. The van der Waals surface area contributed by atoms with Crippen molar-refractivity contribution in [1.82, 2.24) is 5.32 Å². The van der Waals surface area contributed by atoms with Gasteiger partial charge in [0.25, 0.3) is 0 Å². The van der Waals surface area contributed by atoms with Crippen molar-refractivity contribution in [2.24, 2.45) is 0 Å². The van der Waals surface area contributed by atoms with Gasteiger partial charge in [0, 0.05) is 0 Å². The number of allylic oxidation sites excluding steroid dienone is 6. The average Bonchev–Trinajstić information content (AvgIpc) is 3.36. The van der Waals surface area contributed by atoms with E-state index in [1.165, 1.54) is 180 Å². The summed E-state index contributed by atoms with van der Waals surface area (Å²) in [6.07, 6.45) is 48.3. The molecule has 0 aromatic heterocycles. The van der Waals surface area contributed by atoms with Crippen molar-refractivity contribution in [2.75, 3.05) is 13.2 Å². The lowest BCUT2D eigenvalue weighted by atomic mass is 9.98. The minimum Gasteiger partial charge on any atom is -0.394 e. The molecule has 0 aromatic carbocycles. The Morgan fingerprint density at radius 1 is 0.500 bits per heavy atom. The number of unbranched alkanes of at least 4 members (excludes halogenated alkanes) is 32. The van der Waals surface area contributed by atoms with Crippen LogP contribution in [0, 0.1) is 0 Å². The van der Waals surface area contributed by atoms with Crippen molar-refractivity contribution in [3.05, 3.63) is 36.5 Å². The molecule has 1 fully saturated rings. The van der Waals surface area contributed by atoms with Crippen LogP contribution >= 0.6 is 0 Å². The van der Waals surface area contributed by atoms with Gasteiger partial charge in [-0.1, -0.05) is 230 Å². The van der Waals surface area contributed by atoms with E-state index in [0.29, 0.717) is 12.8 Å². The summed E-state index contributed by atoms with van der Waals surface area (Å²) >= 11 is 0. The van der Waals surface area contributed by atoms with E-state index in [4.69, 9.17) is 9.47 Å². The van der Waals surface area contributed by atoms with Crippen LogP contribution in [0.1, 0.15) is 264 Å². The van der Waals surface area contributed by atoms with Crippen molar-refractivity contribution in [1.29, 1.82) is 0 Å². The number of rotatable bonds is 50. The van der Waals surface area contributed by atoms with Gasteiger partial charge in [0.1, 0.15) is 36.6 Å². The number of aliphatic hydroxyl groups is 7. The maximum Gasteiger partial charge on any atom is 0.249 e. The van der Waals surface area contributed by atoms with Gasteiger partial charge in [0.15, 0.2) is 6.29 Å². The molecule has 0 radical (unpaired) electrons. The number of hydrogen-bond acceptors (Lipinski definition) is 10. The summed E-state index contributed by atoms with van der Waals surface area (Å²) in [6, 6.07) is -1.18. The van der Waals surface area contributed by atoms with Gasteiger partial charge in [-0.3, -0.25) is 4.79 Å². The third-order valence-electron chi connectivity index (χ3n) is 14.2. The van der Waals surface area contributed by atoms with Crippen molar-refractivity contribution in [3.63, 3.8) is 0 Å². The van der Waals surface area contributed by atoms with Gasteiger partial charge in [-0.15, -0.1) is 0 Å². The lowest BCUT2D eigenvalue weighted by molar-refractivity contribution is -0.303. The van der Waals surface area contributed by atoms with Crippen LogP contribution in [0.2, 0.25) is 0 Å². The minimum atomic E-state index is -1.67. The first-order valence-electron chi connectivity index (χ1n) is 29.4. The minimum absolute atomic E-state index is 0.254. The van der Waals surface area contributed by atoms with Crippen molar-refractivity contribution in [2.45, 2.75) is 319 Å². The zero-order chi connectivity index (χ0) is 51.1. The van der Waals surface area contributed by atoms with Gasteiger partial charge in [-0.2, -0.15) is 0 Å². The van der Waals surface area contributed by atoms with Crippen molar-refractivity contribution >= 4 is 5.91 Å². The fourth-order valence-electron chi connectivity index (χ4n) is 9.36. The molecule has 11 heteroatoms. The smallest absolute Gasteiger partial charge is 0.249 e. The Morgan fingerprint density at radius 3 is 1.33 bits per heavy atom. The van der Waals surface area contributed by atoms with E-state index in [9.17, 15) is 40.5 Å². The Morgan fingerprint density at radius 2 is 0.886 bits per heavy atom. The lowest BCUT2D eigenvalue weighted by Gasteiger charge is -2.40. The summed E-state index contributed by atoms with van der Waals surface area (Å²) in [5.41, 5.74) is 0. The lowest BCUT2D eigenvalue weighted by Crippen LogP contribution is -2.60. The molecule has 1 aliphatic heterocycles. The fraction of sp³-hybridized carbons (Fsp3) is 0.881. The molecule has 0 aromatic rings. The summed E-state index contributed by atoms with van der Waals surface area (Å²) in [5, 5.41) is 75.7. The number of carbonyl (C=O) groups excluding carboxylic acids is 1. The van der Waals surface area contributed by atoms with Gasteiger partial charge in [-0.25, -0.2) is 0 Å². The van der Waals surface area contributed by atoms with Crippen LogP contribution < -0.4 is 5.32 Å². The maximum absolute atomic E-state index is 13.1. The van der Waals surface area contributed by atoms with E-state index >= 15 is 0 Å². The first-order chi connectivity index (χ1) is 34.2. The van der Waals surface area contributed by atoms with Crippen LogP contribution in [0.15, 0.2) is 36.5 Å². The van der Waals surface area contributed by atoms with Gasteiger partial charge >= 0.3 is 0 Å². The van der Waals surface area contributed by atoms with Gasteiger partial charge < -0.3 is 50.5 Å². The van der Waals surface area contributed by atoms with Gasteiger partial charge in [0.05, 0.1) is 25.4 Å². The number of nitrogens with one attached hydrogen (secondary N) is 1. The zero-order valence-corrected chi connectivity index (χ0v) is 45.0. The third-order valence-corrected chi connectivity index (χ3v) is 14.2. The molecule has 412 valence electrons. The summed E-state index contributed by atoms with van der Waals surface area (Å²) in [6.45, 7) is 3.40. The molecular formula is C59H111NO10. The molecule has 8 N–H and O–H groups in total. The van der Waals surface area contributed by atoms with Crippen LogP contribution in [-0.2, 0) is 14.3 Å². The second-order valence-corrected chi connectivity index (χ2v) is 20.7. The quantitative estimate of drug-likeness (QED) is 0.0215. The summed E-state index contributed by atoms with van der Waals surface area (Å²) in [5.74, 6) is -0.707. The number of carbonyl (C=O) groups is 1. The predicted molar refractivity (Wildman–Crippen MR) is 289 cm³/mol. The zero-order valence-electron chi connectivity index (χ0n) is 45.0.